The predicted molar refractivity (Wildman–Crippen MR) is 123 cm³/mol. The van der Waals surface area contributed by atoms with Crippen LogP contribution in [0.2, 0.25) is 0 Å². The number of anilines is 1. The maximum absolute atomic E-state index is 12.7. The van der Waals surface area contributed by atoms with Gasteiger partial charge in [-0.2, -0.15) is 13.2 Å². The van der Waals surface area contributed by atoms with Gasteiger partial charge in [0.1, 0.15) is 0 Å². The number of alkyl halides is 3. The Labute approximate surface area is 185 Å². The molecular weight excluding hydrogens is 415 g/mol. The van der Waals surface area contributed by atoms with Gasteiger partial charge >= 0.3 is 12.2 Å². The first-order chi connectivity index (χ1) is 15.3. The van der Waals surface area contributed by atoms with E-state index >= 15 is 0 Å². The minimum absolute atomic E-state index is 0.0968. The van der Waals surface area contributed by atoms with E-state index in [4.69, 9.17) is 0 Å². The molecule has 3 rings (SSSR count). The maximum atomic E-state index is 12.7. The van der Waals surface area contributed by atoms with E-state index in [0.29, 0.717) is 19.5 Å². The van der Waals surface area contributed by atoms with Crippen molar-refractivity contribution < 1.29 is 18.0 Å². The molecular formula is C25H26F3N3O. The molecule has 0 aromatic heterocycles. The average molecular weight is 441 g/mol. The summed E-state index contributed by atoms with van der Waals surface area (Å²) in [5, 5.41) is 11.0. The van der Waals surface area contributed by atoms with E-state index in [1.807, 2.05) is 24.3 Å². The monoisotopic (exact) mass is 441 g/mol. The number of rotatable bonds is 8. The Morgan fingerprint density at radius 1 is 1.00 bits per heavy atom. The van der Waals surface area contributed by atoms with Crippen molar-refractivity contribution in [2.45, 2.75) is 25.6 Å². The zero-order valence-corrected chi connectivity index (χ0v) is 17.7. The molecule has 7 heteroatoms. The first kappa shape index (κ1) is 23.3. The van der Waals surface area contributed by atoms with Crippen LogP contribution in [0.3, 0.4) is 0 Å². The normalized spacial score (nSPS) is 12.8. The number of carbonyl (C=O) groups excluding carboxylic acids is 1. The van der Waals surface area contributed by atoms with Gasteiger partial charge in [0, 0.05) is 24.8 Å². The molecule has 0 aliphatic heterocycles. The summed E-state index contributed by atoms with van der Waals surface area (Å²) in [6.07, 6.45) is 0.111. The van der Waals surface area contributed by atoms with Gasteiger partial charge in [0.25, 0.3) is 0 Å². The van der Waals surface area contributed by atoms with Gasteiger partial charge in [0.2, 0.25) is 0 Å². The van der Waals surface area contributed by atoms with Crippen LogP contribution in [0.1, 0.15) is 30.5 Å². The molecule has 0 spiro atoms. The number of nitrogens with one attached hydrogen (secondary N) is 3. The summed E-state index contributed by atoms with van der Waals surface area (Å²) < 4.78 is 38.2. The lowest BCUT2D eigenvalue weighted by molar-refractivity contribution is -0.137. The van der Waals surface area contributed by atoms with Gasteiger partial charge in [0.05, 0.1) is 5.56 Å². The lowest BCUT2D eigenvalue weighted by atomic mass is 10.00. The van der Waals surface area contributed by atoms with Gasteiger partial charge in [0.15, 0.2) is 0 Å². The Morgan fingerprint density at radius 2 is 1.75 bits per heavy atom. The second-order valence-electron chi connectivity index (χ2n) is 7.42. The maximum Gasteiger partial charge on any atom is 0.416 e. The molecule has 1 atom stereocenters. The van der Waals surface area contributed by atoms with Crippen LogP contribution in [-0.4, -0.2) is 19.1 Å². The molecule has 0 radical (unpaired) electrons. The summed E-state index contributed by atoms with van der Waals surface area (Å²) in [5.41, 5.74) is 0.535. The molecule has 0 saturated heterocycles. The van der Waals surface area contributed by atoms with E-state index in [-0.39, 0.29) is 11.7 Å². The molecule has 32 heavy (non-hydrogen) atoms. The molecule has 3 aromatic carbocycles. The third-order valence-electron chi connectivity index (χ3n) is 5.04. The highest BCUT2D eigenvalue weighted by Crippen LogP contribution is 2.30. The number of hydrogen-bond donors (Lipinski definition) is 3. The number of urea groups is 1. The van der Waals surface area contributed by atoms with Crippen LogP contribution in [0.4, 0.5) is 23.7 Å². The van der Waals surface area contributed by atoms with Crippen molar-refractivity contribution in [2.75, 3.05) is 18.4 Å². The molecule has 0 fully saturated rings. The molecule has 4 nitrogen and oxygen atoms in total. The number of halogens is 3. The van der Waals surface area contributed by atoms with E-state index < -0.39 is 17.8 Å². The minimum atomic E-state index is -4.45. The Balaban J connectivity index is 1.38. The highest BCUT2D eigenvalue weighted by atomic mass is 19.4. The van der Waals surface area contributed by atoms with E-state index in [2.05, 4.69) is 53.2 Å². The van der Waals surface area contributed by atoms with E-state index in [0.717, 1.165) is 12.1 Å². The zero-order valence-electron chi connectivity index (χ0n) is 17.7. The van der Waals surface area contributed by atoms with Crippen molar-refractivity contribution in [1.29, 1.82) is 0 Å². The van der Waals surface area contributed by atoms with Crippen LogP contribution in [0.25, 0.3) is 10.8 Å². The quantitative estimate of drug-likeness (QED) is 0.285. The molecule has 0 aliphatic rings. The van der Waals surface area contributed by atoms with Crippen molar-refractivity contribution in [3.63, 3.8) is 0 Å². The summed E-state index contributed by atoms with van der Waals surface area (Å²) in [6, 6.07) is 18.7. The lowest BCUT2D eigenvalue weighted by Gasteiger charge is -2.15. The Kier molecular flexibility index (Phi) is 7.89. The van der Waals surface area contributed by atoms with Gasteiger partial charge in [-0.3, -0.25) is 0 Å². The zero-order chi connectivity index (χ0) is 23.0. The van der Waals surface area contributed by atoms with Crippen LogP contribution < -0.4 is 16.0 Å². The number of amides is 2. The summed E-state index contributed by atoms with van der Waals surface area (Å²) in [7, 11) is 0. The van der Waals surface area contributed by atoms with Crippen LogP contribution in [0.5, 0.6) is 0 Å². The highest BCUT2D eigenvalue weighted by molar-refractivity contribution is 5.89. The molecule has 0 unspecified atom stereocenters. The Hall–Kier alpha value is -3.32. The first-order valence-electron chi connectivity index (χ1n) is 10.4. The lowest BCUT2D eigenvalue weighted by Crippen LogP contribution is -2.29. The number of benzene rings is 3. The molecule has 2 amide bonds. The fraction of sp³-hybridized carbons (Fsp3) is 0.240. The van der Waals surface area contributed by atoms with Gasteiger partial charge < -0.3 is 16.0 Å². The third-order valence-corrected chi connectivity index (χ3v) is 5.04. The van der Waals surface area contributed by atoms with E-state index in [9.17, 15) is 18.0 Å². The van der Waals surface area contributed by atoms with Crippen LogP contribution in [0.15, 0.2) is 78.9 Å². The Morgan fingerprint density at radius 3 is 2.56 bits per heavy atom. The molecule has 168 valence electrons. The van der Waals surface area contributed by atoms with Crippen LogP contribution in [0, 0.1) is 0 Å². The van der Waals surface area contributed by atoms with Gasteiger partial charge in [-0.05, 0) is 47.9 Å². The standard InChI is InChI=1S/C25H26F3N3O/c1-18(22-14-7-10-19-9-3-4-13-23(19)22)29-15-5-2-6-16-30-24(32)31-21-12-8-11-20(17-21)25(26,27)28/h2-5,7-14,17-18,29H,6,15-16H2,1H3,(H2,30,31,32)/b5-2+/t18-/m1/s1. The fourth-order valence-electron chi connectivity index (χ4n) is 3.40. The van der Waals surface area contributed by atoms with Crippen molar-refractivity contribution >= 4 is 22.5 Å². The molecule has 0 heterocycles. The van der Waals surface area contributed by atoms with Crippen molar-refractivity contribution in [1.82, 2.24) is 10.6 Å². The van der Waals surface area contributed by atoms with E-state index in [1.54, 1.807) is 0 Å². The van der Waals surface area contributed by atoms with Crippen molar-refractivity contribution in [3.05, 3.63) is 90.0 Å². The molecule has 0 bridgehead atoms. The number of carbonyl (C=O) groups is 1. The summed E-state index contributed by atoms with van der Waals surface area (Å²) in [6.45, 7) is 3.18. The SMILES string of the molecule is C[C@@H](NC/C=C/CCNC(=O)Nc1cccc(C(F)(F)F)c1)c1cccc2ccccc12. The van der Waals surface area contributed by atoms with Gasteiger partial charge in [-0.25, -0.2) is 4.79 Å². The number of hydrogen-bond acceptors (Lipinski definition) is 2. The smallest absolute Gasteiger partial charge is 0.338 e. The second-order valence-corrected chi connectivity index (χ2v) is 7.42. The topological polar surface area (TPSA) is 53.2 Å². The second kappa shape index (κ2) is 10.8. The van der Waals surface area contributed by atoms with Gasteiger partial charge in [-0.1, -0.05) is 60.7 Å². The van der Waals surface area contributed by atoms with Crippen molar-refractivity contribution in [3.8, 4) is 0 Å². The molecule has 3 aromatic rings. The van der Waals surface area contributed by atoms with Crippen LogP contribution >= 0.6 is 0 Å². The molecule has 3 N–H and O–H groups in total. The number of fused-ring (bicyclic) bond motifs is 1. The van der Waals surface area contributed by atoms with E-state index in [1.165, 1.54) is 28.5 Å². The average Bonchev–Trinajstić information content (AvgIpc) is 2.77. The highest BCUT2D eigenvalue weighted by Gasteiger charge is 2.30. The summed E-state index contributed by atoms with van der Waals surface area (Å²) in [5.74, 6) is 0. The summed E-state index contributed by atoms with van der Waals surface area (Å²) >= 11 is 0. The molecule has 0 aliphatic carbocycles. The largest absolute Gasteiger partial charge is 0.416 e. The minimum Gasteiger partial charge on any atom is -0.338 e. The van der Waals surface area contributed by atoms with Crippen LogP contribution in [-0.2, 0) is 6.18 Å². The van der Waals surface area contributed by atoms with Gasteiger partial charge in [-0.15, -0.1) is 0 Å². The summed E-state index contributed by atoms with van der Waals surface area (Å²) in [4.78, 5) is 11.9. The fourth-order valence-corrected chi connectivity index (χ4v) is 3.40. The molecule has 0 saturated carbocycles. The van der Waals surface area contributed by atoms with Crippen molar-refractivity contribution in [2.24, 2.45) is 0 Å². The third kappa shape index (κ3) is 6.59. The Bertz CT molecular complexity index is 1070. The predicted octanol–water partition coefficient (Wildman–Crippen LogP) is 6.28. The first-order valence-corrected chi connectivity index (χ1v) is 10.4.